The first-order valence-electron chi connectivity index (χ1n) is 6.03. The molecule has 1 heteroatoms. The number of methoxy groups -OCH3 is 1. The fourth-order valence-electron chi connectivity index (χ4n) is 2.04. The van der Waals surface area contributed by atoms with Crippen LogP contribution in [-0.2, 0) is 4.74 Å². The first-order valence-corrected chi connectivity index (χ1v) is 6.03. The Morgan fingerprint density at radius 3 is 2.29 bits per heavy atom. The number of allylic oxidation sites excluding steroid dienone is 4. The van der Waals surface area contributed by atoms with E-state index in [2.05, 4.69) is 55.0 Å². The molecular weight excluding hydrogens is 208 g/mol. The Labute approximate surface area is 105 Å². The van der Waals surface area contributed by atoms with E-state index in [9.17, 15) is 0 Å². The first kappa shape index (κ1) is 13.7. The molecule has 1 aromatic carbocycles. The maximum Gasteiger partial charge on any atom is 0.0351 e. The van der Waals surface area contributed by atoms with Gasteiger partial charge in [0, 0.05) is 14.2 Å². The van der Waals surface area contributed by atoms with Crippen molar-refractivity contribution < 1.29 is 4.74 Å². The molecule has 0 aromatic heterocycles. The van der Waals surface area contributed by atoms with Crippen molar-refractivity contribution in [2.45, 2.75) is 26.7 Å². The average molecular weight is 230 g/mol. The van der Waals surface area contributed by atoms with Gasteiger partial charge in [-0.3, -0.25) is 0 Å². The molecule has 0 aliphatic heterocycles. The van der Waals surface area contributed by atoms with Crippen LogP contribution in [0.3, 0.4) is 0 Å². The Hall–Kier alpha value is -1.34. The van der Waals surface area contributed by atoms with Gasteiger partial charge in [0.25, 0.3) is 0 Å². The number of benzene rings is 1. The number of aryl methyl sites for hydroxylation is 1. The molecule has 1 aliphatic carbocycles. The summed E-state index contributed by atoms with van der Waals surface area (Å²) in [4.78, 5) is 0. The van der Waals surface area contributed by atoms with Crippen LogP contribution in [0.4, 0.5) is 0 Å². The monoisotopic (exact) mass is 230 g/mol. The summed E-state index contributed by atoms with van der Waals surface area (Å²) in [6.07, 6.45) is 6.87. The predicted molar refractivity (Wildman–Crippen MR) is 75.1 cm³/mol. The SMILES string of the molecule is CC1=C(c2ccccc2C)CCC=C1.COC. The van der Waals surface area contributed by atoms with Crippen LogP contribution in [0.2, 0.25) is 0 Å². The summed E-state index contributed by atoms with van der Waals surface area (Å²) in [5.41, 5.74) is 5.75. The van der Waals surface area contributed by atoms with Gasteiger partial charge in [0.15, 0.2) is 0 Å². The van der Waals surface area contributed by atoms with Crippen LogP contribution < -0.4 is 0 Å². The molecule has 1 aliphatic rings. The van der Waals surface area contributed by atoms with Gasteiger partial charge in [-0.25, -0.2) is 0 Å². The Morgan fingerprint density at radius 2 is 1.71 bits per heavy atom. The number of ether oxygens (including phenoxy) is 1. The predicted octanol–water partition coefficient (Wildman–Crippen LogP) is 4.38. The van der Waals surface area contributed by atoms with Gasteiger partial charge in [-0.1, -0.05) is 36.4 Å². The van der Waals surface area contributed by atoms with E-state index >= 15 is 0 Å². The van der Waals surface area contributed by atoms with Gasteiger partial charge in [-0.2, -0.15) is 0 Å². The number of hydrogen-bond acceptors (Lipinski definition) is 1. The van der Waals surface area contributed by atoms with Crippen LogP contribution in [0.5, 0.6) is 0 Å². The van der Waals surface area contributed by atoms with E-state index in [4.69, 9.17) is 0 Å². The molecule has 0 amide bonds. The van der Waals surface area contributed by atoms with Crippen LogP contribution >= 0.6 is 0 Å². The second kappa shape index (κ2) is 7.08. The second-order valence-corrected chi connectivity index (χ2v) is 4.33. The molecule has 0 atom stereocenters. The largest absolute Gasteiger partial charge is 0.388 e. The minimum atomic E-state index is 1.18. The lowest BCUT2D eigenvalue weighted by Gasteiger charge is -2.15. The molecular formula is C16H22O. The van der Waals surface area contributed by atoms with Crippen molar-refractivity contribution in [1.29, 1.82) is 0 Å². The summed E-state index contributed by atoms with van der Waals surface area (Å²) in [5, 5.41) is 0. The molecule has 0 unspecified atom stereocenters. The molecule has 2 rings (SSSR count). The smallest absolute Gasteiger partial charge is 0.0351 e. The fraction of sp³-hybridized carbons (Fsp3) is 0.375. The van der Waals surface area contributed by atoms with Gasteiger partial charge in [0.1, 0.15) is 0 Å². The van der Waals surface area contributed by atoms with Gasteiger partial charge in [-0.15, -0.1) is 0 Å². The summed E-state index contributed by atoms with van der Waals surface area (Å²) in [7, 11) is 3.25. The number of rotatable bonds is 1. The van der Waals surface area contributed by atoms with Crippen LogP contribution in [0.25, 0.3) is 5.57 Å². The molecule has 0 saturated carbocycles. The van der Waals surface area contributed by atoms with Crippen molar-refractivity contribution in [3.05, 3.63) is 53.1 Å². The van der Waals surface area contributed by atoms with E-state index in [-0.39, 0.29) is 0 Å². The van der Waals surface area contributed by atoms with E-state index in [1.165, 1.54) is 35.1 Å². The zero-order valence-corrected chi connectivity index (χ0v) is 11.3. The quantitative estimate of drug-likeness (QED) is 0.695. The summed E-state index contributed by atoms with van der Waals surface area (Å²) in [6, 6.07) is 8.65. The van der Waals surface area contributed by atoms with Gasteiger partial charge in [-0.05, 0) is 49.0 Å². The molecule has 0 N–H and O–H groups in total. The van der Waals surface area contributed by atoms with E-state index in [1.54, 1.807) is 14.2 Å². The van der Waals surface area contributed by atoms with Crippen molar-refractivity contribution >= 4 is 5.57 Å². The van der Waals surface area contributed by atoms with E-state index < -0.39 is 0 Å². The van der Waals surface area contributed by atoms with Crippen molar-refractivity contribution in [2.24, 2.45) is 0 Å². The van der Waals surface area contributed by atoms with Crippen molar-refractivity contribution in [1.82, 2.24) is 0 Å². The highest BCUT2D eigenvalue weighted by Crippen LogP contribution is 2.29. The third kappa shape index (κ3) is 3.86. The minimum Gasteiger partial charge on any atom is -0.388 e. The molecule has 0 radical (unpaired) electrons. The van der Waals surface area contributed by atoms with Crippen LogP contribution in [0, 0.1) is 6.92 Å². The first-order chi connectivity index (χ1) is 8.20. The second-order valence-electron chi connectivity index (χ2n) is 4.33. The Bertz CT molecular complexity index is 413. The average Bonchev–Trinajstić information content (AvgIpc) is 2.32. The molecule has 92 valence electrons. The lowest BCUT2D eigenvalue weighted by Crippen LogP contribution is -1.94. The fourth-order valence-corrected chi connectivity index (χ4v) is 2.04. The van der Waals surface area contributed by atoms with Crippen LogP contribution in [-0.4, -0.2) is 14.2 Å². The summed E-state index contributed by atoms with van der Waals surface area (Å²) in [6.45, 7) is 4.39. The van der Waals surface area contributed by atoms with E-state index in [1.807, 2.05) is 0 Å². The minimum absolute atomic E-state index is 1.18. The van der Waals surface area contributed by atoms with E-state index in [0.29, 0.717) is 0 Å². The highest BCUT2D eigenvalue weighted by atomic mass is 16.4. The Morgan fingerprint density at radius 1 is 1.06 bits per heavy atom. The van der Waals surface area contributed by atoms with Crippen LogP contribution in [0.1, 0.15) is 30.9 Å². The molecule has 17 heavy (non-hydrogen) atoms. The maximum atomic E-state index is 4.25. The standard InChI is InChI=1S/C14H16.C2H6O/c1-11-7-3-5-9-13(11)14-10-6-4-8-12(14)2;1-3-2/h3-5,7-9H,6,10H2,1-2H3;1-2H3. The molecule has 1 nitrogen and oxygen atoms in total. The van der Waals surface area contributed by atoms with Crippen LogP contribution in [0.15, 0.2) is 42.0 Å². The van der Waals surface area contributed by atoms with Crippen molar-refractivity contribution in [3.8, 4) is 0 Å². The normalized spacial score (nSPS) is 14.4. The lowest BCUT2D eigenvalue weighted by molar-refractivity contribution is 0.277. The summed E-state index contributed by atoms with van der Waals surface area (Å²) >= 11 is 0. The zero-order chi connectivity index (χ0) is 12.7. The maximum absolute atomic E-state index is 4.25. The Kier molecular flexibility index (Phi) is 5.71. The third-order valence-corrected chi connectivity index (χ3v) is 2.88. The van der Waals surface area contributed by atoms with Crippen molar-refractivity contribution in [2.75, 3.05) is 14.2 Å². The molecule has 0 bridgehead atoms. The zero-order valence-electron chi connectivity index (χ0n) is 11.3. The third-order valence-electron chi connectivity index (χ3n) is 2.88. The Balaban J connectivity index is 0.000000437. The molecule has 1 aromatic rings. The highest BCUT2D eigenvalue weighted by molar-refractivity contribution is 5.73. The lowest BCUT2D eigenvalue weighted by atomic mass is 9.90. The van der Waals surface area contributed by atoms with Crippen molar-refractivity contribution in [3.63, 3.8) is 0 Å². The topological polar surface area (TPSA) is 9.23 Å². The number of hydrogen-bond donors (Lipinski definition) is 0. The van der Waals surface area contributed by atoms with Gasteiger partial charge >= 0.3 is 0 Å². The van der Waals surface area contributed by atoms with Gasteiger partial charge in [0.05, 0.1) is 0 Å². The molecule has 0 spiro atoms. The summed E-state index contributed by atoms with van der Waals surface area (Å²) in [5.74, 6) is 0. The molecule has 0 fully saturated rings. The molecule has 0 heterocycles. The summed E-state index contributed by atoms with van der Waals surface area (Å²) < 4.78 is 4.25. The van der Waals surface area contributed by atoms with Gasteiger partial charge < -0.3 is 4.74 Å². The molecule has 0 saturated heterocycles. The van der Waals surface area contributed by atoms with E-state index in [0.717, 1.165) is 0 Å². The highest BCUT2D eigenvalue weighted by Gasteiger charge is 2.08. The van der Waals surface area contributed by atoms with Gasteiger partial charge in [0.2, 0.25) is 0 Å².